The van der Waals surface area contributed by atoms with Gasteiger partial charge in [-0.1, -0.05) is 29.4 Å². The van der Waals surface area contributed by atoms with E-state index in [1.54, 1.807) is 4.57 Å². The van der Waals surface area contributed by atoms with Crippen molar-refractivity contribution >= 4 is 27.7 Å². The highest BCUT2D eigenvalue weighted by Gasteiger charge is 2.20. The summed E-state index contributed by atoms with van der Waals surface area (Å²) in [6.07, 6.45) is 0.682. The minimum absolute atomic E-state index is 0.160. The number of aromatic nitrogens is 2. The number of nitrogen functional groups attached to an aromatic ring is 1. The lowest BCUT2D eigenvalue weighted by Gasteiger charge is -2.06. The van der Waals surface area contributed by atoms with E-state index in [0.717, 1.165) is 10.3 Å². The Morgan fingerprint density at radius 2 is 2.31 bits per heavy atom. The second kappa shape index (κ2) is 5.16. The van der Waals surface area contributed by atoms with Crippen LogP contribution in [0.3, 0.4) is 0 Å². The first-order chi connectivity index (χ1) is 7.51. The number of esters is 1. The van der Waals surface area contributed by atoms with Gasteiger partial charge in [0, 0.05) is 10.9 Å². The number of hydrogen-bond acceptors (Lipinski definition) is 4. The molecule has 1 aromatic rings. The third-order valence-corrected chi connectivity index (χ3v) is 2.36. The van der Waals surface area contributed by atoms with Crippen molar-refractivity contribution in [2.24, 2.45) is 0 Å². The van der Waals surface area contributed by atoms with E-state index in [4.69, 9.17) is 5.73 Å². The van der Waals surface area contributed by atoms with Crippen LogP contribution in [0.15, 0.2) is 11.1 Å². The van der Waals surface area contributed by atoms with Crippen molar-refractivity contribution in [3.63, 3.8) is 0 Å². The summed E-state index contributed by atoms with van der Waals surface area (Å²) >= 11 is 3.26. The maximum absolute atomic E-state index is 11.4. The molecule has 0 saturated carbocycles. The number of halogens is 1. The summed E-state index contributed by atoms with van der Waals surface area (Å²) in [5.74, 6) is 0.522. The topological polar surface area (TPSA) is 70.1 Å². The van der Waals surface area contributed by atoms with Gasteiger partial charge >= 0.3 is 5.97 Å². The van der Waals surface area contributed by atoms with Crippen LogP contribution in [-0.2, 0) is 17.7 Å². The molecule has 1 aromatic heterocycles. The van der Waals surface area contributed by atoms with E-state index < -0.39 is 5.97 Å². The van der Waals surface area contributed by atoms with Gasteiger partial charge in [-0.05, 0) is 0 Å². The zero-order chi connectivity index (χ0) is 12.3. The van der Waals surface area contributed by atoms with Crippen LogP contribution in [0.2, 0.25) is 0 Å². The Morgan fingerprint density at radius 3 is 2.75 bits per heavy atom. The maximum Gasteiger partial charge on any atom is 0.360 e. The Bertz CT molecular complexity index is 426. The number of carbonyl (C=O) groups excluding carboxylic acids is 1. The minimum atomic E-state index is -0.522. The Kier molecular flexibility index (Phi) is 4.12. The van der Waals surface area contributed by atoms with Crippen molar-refractivity contribution in [2.45, 2.75) is 19.9 Å². The van der Waals surface area contributed by atoms with Gasteiger partial charge in [0.05, 0.1) is 13.7 Å². The Morgan fingerprint density at radius 1 is 1.69 bits per heavy atom. The number of ether oxygens (including phenoxy) is 1. The fraction of sp³-hybridized carbons (Fsp3) is 0.400. The molecule has 0 aliphatic rings. The van der Waals surface area contributed by atoms with E-state index in [2.05, 4.69) is 32.2 Å². The highest BCUT2D eigenvalue weighted by Crippen LogP contribution is 2.19. The van der Waals surface area contributed by atoms with E-state index in [9.17, 15) is 4.79 Å². The summed E-state index contributed by atoms with van der Waals surface area (Å²) in [5.41, 5.74) is 6.00. The number of nitrogens with two attached hydrogens (primary N) is 1. The molecule has 0 saturated heterocycles. The number of rotatable bonds is 4. The average molecular weight is 288 g/mol. The van der Waals surface area contributed by atoms with Crippen LogP contribution in [0.5, 0.6) is 0 Å². The number of aryl methyl sites for hydroxylation is 1. The van der Waals surface area contributed by atoms with E-state index >= 15 is 0 Å². The van der Waals surface area contributed by atoms with Gasteiger partial charge in [0.15, 0.2) is 5.69 Å². The van der Waals surface area contributed by atoms with E-state index in [1.165, 1.54) is 7.11 Å². The molecule has 0 aliphatic carbocycles. The molecule has 1 rings (SSSR count). The molecule has 0 aliphatic heterocycles. The molecule has 0 radical (unpaired) electrons. The van der Waals surface area contributed by atoms with Gasteiger partial charge in [-0.2, -0.15) is 0 Å². The highest BCUT2D eigenvalue weighted by atomic mass is 79.9. The predicted molar refractivity (Wildman–Crippen MR) is 65.4 cm³/mol. The number of anilines is 1. The number of nitrogens with zero attached hydrogens (tertiary/aromatic N) is 2. The van der Waals surface area contributed by atoms with E-state index in [1.807, 2.05) is 6.92 Å². The van der Waals surface area contributed by atoms with Crippen molar-refractivity contribution in [1.82, 2.24) is 9.55 Å². The number of hydrogen-bond donors (Lipinski definition) is 1. The third-order valence-electron chi connectivity index (χ3n) is 2.11. The van der Waals surface area contributed by atoms with Crippen LogP contribution in [0.4, 0.5) is 5.82 Å². The molecule has 0 amide bonds. The van der Waals surface area contributed by atoms with Gasteiger partial charge in [0.1, 0.15) is 11.6 Å². The summed E-state index contributed by atoms with van der Waals surface area (Å²) in [5, 5.41) is 0. The van der Waals surface area contributed by atoms with E-state index in [0.29, 0.717) is 18.8 Å². The van der Waals surface area contributed by atoms with Crippen molar-refractivity contribution in [3.8, 4) is 0 Å². The molecule has 16 heavy (non-hydrogen) atoms. The molecule has 0 aromatic carbocycles. The largest absolute Gasteiger partial charge is 0.464 e. The molecule has 0 bridgehead atoms. The molecular weight excluding hydrogens is 274 g/mol. The van der Waals surface area contributed by atoms with Gasteiger partial charge in [-0.3, -0.25) is 0 Å². The SMILES string of the molecule is C=C(Br)Cn1c(CC)nc(C(=O)OC)c1N. The third kappa shape index (κ3) is 2.44. The first kappa shape index (κ1) is 12.8. The van der Waals surface area contributed by atoms with Crippen LogP contribution in [0.1, 0.15) is 23.2 Å². The fourth-order valence-electron chi connectivity index (χ4n) is 1.38. The van der Waals surface area contributed by atoms with Gasteiger partial charge in [-0.15, -0.1) is 0 Å². The van der Waals surface area contributed by atoms with Crippen LogP contribution in [0, 0.1) is 0 Å². The van der Waals surface area contributed by atoms with Crippen LogP contribution in [0.25, 0.3) is 0 Å². The molecule has 1 heterocycles. The molecule has 0 fully saturated rings. The summed E-state index contributed by atoms with van der Waals surface area (Å²) in [4.78, 5) is 15.5. The maximum atomic E-state index is 11.4. The Labute approximate surface area is 102 Å². The second-order valence-corrected chi connectivity index (χ2v) is 4.33. The van der Waals surface area contributed by atoms with Crippen LogP contribution < -0.4 is 5.73 Å². The zero-order valence-corrected chi connectivity index (χ0v) is 10.9. The number of allylic oxidation sites excluding steroid dienone is 1. The molecular formula is C10H14BrN3O2. The summed E-state index contributed by atoms with van der Waals surface area (Å²) in [6, 6.07) is 0. The molecule has 0 unspecified atom stereocenters. The lowest BCUT2D eigenvalue weighted by Crippen LogP contribution is -2.09. The van der Waals surface area contributed by atoms with Gasteiger partial charge < -0.3 is 15.0 Å². The summed E-state index contributed by atoms with van der Waals surface area (Å²) in [6.45, 7) is 6.16. The van der Waals surface area contributed by atoms with Crippen molar-refractivity contribution in [2.75, 3.05) is 12.8 Å². The summed E-state index contributed by atoms with van der Waals surface area (Å²) < 4.78 is 7.11. The Balaban J connectivity index is 3.20. The standard InChI is InChI=1S/C10H14BrN3O2/c1-4-7-13-8(10(15)16-3)9(12)14(7)5-6(2)11/h2,4-5,12H2,1,3H3. The summed E-state index contributed by atoms with van der Waals surface area (Å²) in [7, 11) is 1.30. The highest BCUT2D eigenvalue weighted by molar-refractivity contribution is 9.11. The first-order valence-electron chi connectivity index (χ1n) is 4.77. The molecule has 6 heteroatoms. The van der Waals surface area contributed by atoms with Crippen LogP contribution >= 0.6 is 15.9 Å². The lowest BCUT2D eigenvalue weighted by atomic mass is 10.4. The van der Waals surface area contributed by atoms with Gasteiger partial charge in [-0.25, -0.2) is 9.78 Å². The monoisotopic (exact) mass is 287 g/mol. The smallest absolute Gasteiger partial charge is 0.360 e. The lowest BCUT2D eigenvalue weighted by molar-refractivity contribution is 0.0595. The molecule has 0 atom stereocenters. The molecule has 0 spiro atoms. The van der Waals surface area contributed by atoms with E-state index in [-0.39, 0.29) is 5.69 Å². The molecule has 88 valence electrons. The normalized spacial score (nSPS) is 10.2. The predicted octanol–water partition coefficient (Wildman–Crippen LogP) is 1.72. The quantitative estimate of drug-likeness (QED) is 0.856. The molecule has 5 nitrogen and oxygen atoms in total. The number of carbonyl (C=O) groups is 1. The zero-order valence-electron chi connectivity index (χ0n) is 9.29. The van der Waals surface area contributed by atoms with Gasteiger partial charge in [0.2, 0.25) is 0 Å². The minimum Gasteiger partial charge on any atom is -0.464 e. The first-order valence-corrected chi connectivity index (χ1v) is 5.57. The second-order valence-electron chi connectivity index (χ2n) is 3.21. The number of imidazole rings is 1. The van der Waals surface area contributed by atoms with Crippen molar-refractivity contribution in [3.05, 3.63) is 22.6 Å². The Hall–Kier alpha value is -1.30. The van der Waals surface area contributed by atoms with Crippen molar-refractivity contribution in [1.29, 1.82) is 0 Å². The van der Waals surface area contributed by atoms with Crippen LogP contribution in [-0.4, -0.2) is 22.6 Å². The molecule has 2 N–H and O–H groups in total. The number of methoxy groups -OCH3 is 1. The fourth-order valence-corrected chi connectivity index (χ4v) is 1.63. The van der Waals surface area contributed by atoms with Crippen molar-refractivity contribution < 1.29 is 9.53 Å². The average Bonchev–Trinajstić information content (AvgIpc) is 2.55. The van der Waals surface area contributed by atoms with Gasteiger partial charge in [0.25, 0.3) is 0 Å².